The van der Waals surface area contributed by atoms with Crippen LogP contribution in [0.4, 0.5) is 5.69 Å². The molecule has 0 aliphatic carbocycles. The molecule has 3 rings (SSSR count). The zero-order valence-electron chi connectivity index (χ0n) is 11.4. The van der Waals surface area contributed by atoms with Gasteiger partial charge in [0, 0.05) is 17.4 Å². The maximum absolute atomic E-state index is 5.80. The molecule has 0 fully saturated rings. The highest BCUT2D eigenvalue weighted by Gasteiger charge is 2.06. The van der Waals surface area contributed by atoms with Crippen molar-refractivity contribution >= 4 is 5.69 Å². The molecule has 0 spiro atoms. The van der Waals surface area contributed by atoms with E-state index in [1.807, 2.05) is 44.3 Å². The highest BCUT2D eigenvalue weighted by atomic mass is 15.3. The van der Waals surface area contributed by atoms with Crippen molar-refractivity contribution in [1.82, 2.24) is 19.7 Å². The first-order valence-electron chi connectivity index (χ1n) is 6.35. The molecule has 100 valence electrons. The van der Waals surface area contributed by atoms with Crippen LogP contribution < -0.4 is 5.73 Å². The number of nitrogens with zero attached hydrogens (tertiary/aromatic N) is 4. The van der Waals surface area contributed by atoms with Crippen molar-refractivity contribution in [2.75, 3.05) is 5.73 Å². The van der Waals surface area contributed by atoms with Crippen molar-refractivity contribution in [3.8, 4) is 16.9 Å². The molecule has 0 saturated heterocycles. The summed E-state index contributed by atoms with van der Waals surface area (Å²) < 4.78 is 1.72. The van der Waals surface area contributed by atoms with Gasteiger partial charge in [0.05, 0.1) is 23.8 Å². The summed E-state index contributed by atoms with van der Waals surface area (Å²) in [6.07, 6.45) is 5.44. The van der Waals surface area contributed by atoms with Gasteiger partial charge in [0.2, 0.25) is 0 Å². The summed E-state index contributed by atoms with van der Waals surface area (Å²) in [6, 6.07) is 7.72. The lowest BCUT2D eigenvalue weighted by molar-refractivity contribution is 0.824. The minimum absolute atomic E-state index is 0.711. The minimum Gasteiger partial charge on any atom is -0.399 e. The number of hydrogen-bond acceptors (Lipinski definition) is 4. The Labute approximate surface area is 117 Å². The Hall–Kier alpha value is -2.69. The summed E-state index contributed by atoms with van der Waals surface area (Å²) in [5, 5.41) is 4.34. The normalized spacial score (nSPS) is 10.7. The van der Waals surface area contributed by atoms with Crippen LogP contribution in [-0.2, 0) is 0 Å². The van der Waals surface area contributed by atoms with Crippen LogP contribution >= 0.6 is 0 Å². The van der Waals surface area contributed by atoms with Crippen molar-refractivity contribution in [3.63, 3.8) is 0 Å². The van der Waals surface area contributed by atoms with Gasteiger partial charge in [-0.15, -0.1) is 0 Å². The van der Waals surface area contributed by atoms with E-state index >= 15 is 0 Å². The number of nitrogens with two attached hydrogens (primary N) is 1. The number of rotatable bonds is 2. The number of aromatic nitrogens is 4. The number of hydrogen-bond donors (Lipinski definition) is 1. The average Bonchev–Trinajstić information content (AvgIpc) is 2.92. The van der Waals surface area contributed by atoms with Crippen molar-refractivity contribution in [2.45, 2.75) is 13.8 Å². The van der Waals surface area contributed by atoms with Crippen LogP contribution in [0, 0.1) is 13.8 Å². The molecule has 0 unspecified atom stereocenters. The maximum atomic E-state index is 5.80. The molecule has 2 N–H and O–H groups in total. The second kappa shape index (κ2) is 4.77. The van der Waals surface area contributed by atoms with Crippen molar-refractivity contribution in [1.29, 1.82) is 0 Å². The van der Waals surface area contributed by atoms with Gasteiger partial charge in [-0.1, -0.05) is 12.1 Å². The van der Waals surface area contributed by atoms with Gasteiger partial charge in [0.1, 0.15) is 0 Å². The Balaban J connectivity index is 1.99. The molecule has 5 nitrogen and oxygen atoms in total. The quantitative estimate of drug-likeness (QED) is 0.723. The van der Waals surface area contributed by atoms with Crippen LogP contribution in [0.5, 0.6) is 0 Å². The number of nitrogen functional groups attached to an aromatic ring is 1. The molecule has 0 atom stereocenters. The van der Waals surface area contributed by atoms with Crippen LogP contribution in [0.3, 0.4) is 0 Å². The molecule has 0 bridgehead atoms. The standard InChI is InChI=1S/C15H15N5/c1-10-11(2)19-15(8-17-10)20-9-13(7-18-20)12-4-3-5-14(16)6-12/h3-9H,16H2,1-2H3. The lowest BCUT2D eigenvalue weighted by Crippen LogP contribution is -2.02. The van der Waals surface area contributed by atoms with Crippen LogP contribution in [0.15, 0.2) is 42.9 Å². The molecule has 2 aromatic heterocycles. The largest absolute Gasteiger partial charge is 0.399 e. The Kier molecular flexibility index (Phi) is 2.95. The third-order valence-corrected chi connectivity index (χ3v) is 3.22. The topological polar surface area (TPSA) is 69.6 Å². The SMILES string of the molecule is Cc1ncc(-n2cc(-c3cccc(N)c3)cn2)nc1C. The zero-order chi connectivity index (χ0) is 14.1. The summed E-state index contributed by atoms with van der Waals surface area (Å²) in [6.45, 7) is 3.88. The van der Waals surface area contributed by atoms with Gasteiger partial charge in [-0.2, -0.15) is 5.10 Å². The van der Waals surface area contributed by atoms with E-state index in [-0.39, 0.29) is 0 Å². The van der Waals surface area contributed by atoms with Gasteiger partial charge >= 0.3 is 0 Å². The molecule has 20 heavy (non-hydrogen) atoms. The molecule has 0 saturated carbocycles. The summed E-state index contributed by atoms with van der Waals surface area (Å²) >= 11 is 0. The lowest BCUT2D eigenvalue weighted by Gasteiger charge is -2.03. The predicted octanol–water partition coefficient (Wildman–Crippen LogP) is 2.53. The molecule has 1 aromatic carbocycles. The van der Waals surface area contributed by atoms with E-state index in [1.54, 1.807) is 17.1 Å². The van der Waals surface area contributed by atoms with E-state index in [2.05, 4.69) is 15.1 Å². The Morgan fingerprint density at radius 3 is 2.65 bits per heavy atom. The van der Waals surface area contributed by atoms with E-state index in [0.29, 0.717) is 5.82 Å². The number of anilines is 1. The first-order chi connectivity index (χ1) is 9.63. The second-order valence-electron chi connectivity index (χ2n) is 4.70. The van der Waals surface area contributed by atoms with E-state index < -0.39 is 0 Å². The first-order valence-corrected chi connectivity index (χ1v) is 6.35. The highest BCUT2D eigenvalue weighted by Crippen LogP contribution is 2.21. The van der Waals surface area contributed by atoms with Crippen molar-refractivity contribution in [3.05, 3.63) is 54.2 Å². The number of aryl methyl sites for hydroxylation is 2. The molecule has 2 heterocycles. The van der Waals surface area contributed by atoms with Crippen LogP contribution in [-0.4, -0.2) is 19.7 Å². The first kappa shape index (κ1) is 12.3. The molecular formula is C15H15N5. The van der Waals surface area contributed by atoms with Gasteiger partial charge < -0.3 is 5.73 Å². The fourth-order valence-corrected chi connectivity index (χ4v) is 1.96. The zero-order valence-corrected chi connectivity index (χ0v) is 11.4. The Morgan fingerprint density at radius 1 is 1.05 bits per heavy atom. The van der Waals surface area contributed by atoms with E-state index in [0.717, 1.165) is 28.2 Å². The summed E-state index contributed by atoms with van der Waals surface area (Å²) in [5.74, 6) is 0.711. The molecule has 3 aromatic rings. The fraction of sp³-hybridized carbons (Fsp3) is 0.133. The second-order valence-corrected chi connectivity index (χ2v) is 4.70. The number of benzene rings is 1. The molecule has 0 radical (unpaired) electrons. The van der Waals surface area contributed by atoms with Gasteiger partial charge in [-0.25, -0.2) is 9.67 Å². The van der Waals surface area contributed by atoms with Gasteiger partial charge in [0.25, 0.3) is 0 Å². The molecular weight excluding hydrogens is 250 g/mol. The van der Waals surface area contributed by atoms with Crippen molar-refractivity contribution < 1.29 is 0 Å². The van der Waals surface area contributed by atoms with Gasteiger partial charge in [0.15, 0.2) is 5.82 Å². The molecule has 0 aliphatic heterocycles. The van der Waals surface area contributed by atoms with Gasteiger partial charge in [-0.3, -0.25) is 4.98 Å². The van der Waals surface area contributed by atoms with E-state index in [4.69, 9.17) is 5.73 Å². The summed E-state index contributed by atoms with van der Waals surface area (Å²) in [7, 11) is 0. The van der Waals surface area contributed by atoms with E-state index in [1.165, 1.54) is 0 Å². The molecule has 5 heteroatoms. The predicted molar refractivity (Wildman–Crippen MR) is 78.5 cm³/mol. The lowest BCUT2D eigenvalue weighted by atomic mass is 10.1. The minimum atomic E-state index is 0.711. The Morgan fingerprint density at radius 2 is 1.90 bits per heavy atom. The summed E-state index contributed by atoms with van der Waals surface area (Å²) in [5.41, 5.74) is 10.4. The monoisotopic (exact) mass is 265 g/mol. The average molecular weight is 265 g/mol. The smallest absolute Gasteiger partial charge is 0.172 e. The van der Waals surface area contributed by atoms with Crippen LogP contribution in [0.1, 0.15) is 11.4 Å². The van der Waals surface area contributed by atoms with Crippen molar-refractivity contribution in [2.24, 2.45) is 0 Å². The van der Waals surface area contributed by atoms with Crippen LogP contribution in [0.2, 0.25) is 0 Å². The maximum Gasteiger partial charge on any atom is 0.172 e. The molecule has 0 aliphatic rings. The van der Waals surface area contributed by atoms with Gasteiger partial charge in [-0.05, 0) is 31.5 Å². The summed E-state index contributed by atoms with van der Waals surface area (Å²) in [4.78, 5) is 8.79. The Bertz CT molecular complexity index is 760. The van der Waals surface area contributed by atoms with Crippen LogP contribution in [0.25, 0.3) is 16.9 Å². The van der Waals surface area contributed by atoms with E-state index in [9.17, 15) is 0 Å². The fourth-order valence-electron chi connectivity index (χ4n) is 1.96. The third kappa shape index (κ3) is 2.25. The molecule has 0 amide bonds. The third-order valence-electron chi connectivity index (χ3n) is 3.22. The highest BCUT2D eigenvalue weighted by molar-refractivity contribution is 5.66.